The number of carbonyl (C=O) groups is 1. The summed E-state index contributed by atoms with van der Waals surface area (Å²) in [6.45, 7) is 8.01. The molecule has 0 spiro atoms. The molecule has 0 aromatic heterocycles. The van der Waals surface area contributed by atoms with Crippen LogP contribution in [0.4, 0.5) is 0 Å². The van der Waals surface area contributed by atoms with Gasteiger partial charge in [0.2, 0.25) is 0 Å². The van der Waals surface area contributed by atoms with Gasteiger partial charge in [0.15, 0.2) is 5.96 Å². The predicted octanol–water partition coefficient (Wildman–Crippen LogP) is 3.31. The summed E-state index contributed by atoms with van der Waals surface area (Å²) >= 11 is 0. The van der Waals surface area contributed by atoms with Crippen LogP contribution in [-0.4, -0.2) is 56.8 Å². The molecule has 1 aromatic rings. The molecule has 0 heterocycles. The van der Waals surface area contributed by atoms with Crippen LogP contribution in [0.3, 0.4) is 0 Å². The van der Waals surface area contributed by atoms with Crippen molar-refractivity contribution in [3.63, 3.8) is 0 Å². The van der Waals surface area contributed by atoms with E-state index in [-0.39, 0.29) is 29.9 Å². The Bertz CT molecular complexity index is 589. The molecular weight excluding hydrogens is 457 g/mol. The molecule has 7 heteroatoms. The molecule has 1 aliphatic rings. The zero-order valence-electron chi connectivity index (χ0n) is 16.6. The van der Waals surface area contributed by atoms with Gasteiger partial charge in [0.05, 0.1) is 25.3 Å². The third kappa shape index (κ3) is 8.92. The summed E-state index contributed by atoms with van der Waals surface area (Å²) in [5.74, 6) is 1.36. The number of hydrogen-bond donors (Lipinski definition) is 1. The number of rotatable bonds is 10. The highest BCUT2D eigenvalue weighted by molar-refractivity contribution is 14.0. The van der Waals surface area contributed by atoms with Gasteiger partial charge in [-0.2, -0.15) is 0 Å². The highest BCUT2D eigenvalue weighted by Crippen LogP contribution is 2.28. The molecule has 0 aliphatic heterocycles. The van der Waals surface area contributed by atoms with Crippen molar-refractivity contribution in [2.45, 2.75) is 33.2 Å². The monoisotopic (exact) mass is 489 g/mol. The lowest BCUT2D eigenvalue weighted by atomic mass is 10.1. The third-order valence-electron chi connectivity index (χ3n) is 4.19. The number of esters is 1. The molecule has 0 bridgehead atoms. The van der Waals surface area contributed by atoms with Crippen molar-refractivity contribution in [1.29, 1.82) is 0 Å². The van der Waals surface area contributed by atoms with E-state index in [2.05, 4.69) is 22.1 Å². The molecule has 1 fully saturated rings. The Morgan fingerprint density at radius 3 is 2.56 bits per heavy atom. The maximum atomic E-state index is 11.7. The van der Waals surface area contributed by atoms with E-state index >= 15 is 0 Å². The second kappa shape index (κ2) is 12.9. The Morgan fingerprint density at radius 1 is 1.26 bits per heavy atom. The van der Waals surface area contributed by atoms with Crippen LogP contribution in [0.15, 0.2) is 29.3 Å². The minimum atomic E-state index is -0.290. The van der Waals surface area contributed by atoms with Crippen LogP contribution < -0.4 is 5.32 Å². The third-order valence-corrected chi connectivity index (χ3v) is 4.19. The van der Waals surface area contributed by atoms with Crippen molar-refractivity contribution in [3.05, 3.63) is 35.4 Å². The van der Waals surface area contributed by atoms with Crippen LogP contribution >= 0.6 is 24.0 Å². The molecule has 0 atom stereocenters. The van der Waals surface area contributed by atoms with Gasteiger partial charge in [0.1, 0.15) is 0 Å². The SMILES string of the molecule is CCNC(=NCc1ccc(C(=O)OCC)cc1)N(C)CCOCC1CC1.I. The van der Waals surface area contributed by atoms with Crippen molar-refractivity contribution < 1.29 is 14.3 Å². The van der Waals surface area contributed by atoms with E-state index in [9.17, 15) is 4.79 Å². The second-order valence-electron chi connectivity index (χ2n) is 6.53. The zero-order chi connectivity index (χ0) is 18.8. The molecule has 0 amide bonds. The van der Waals surface area contributed by atoms with E-state index in [4.69, 9.17) is 9.47 Å². The lowest BCUT2D eigenvalue weighted by Crippen LogP contribution is -2.40. The van der Waals surface area contributed by atoms with Crippen LogP contribution in [0.25, 0.3) is 0 Å². The van der Waals surface area contributed by atoms with E-state index < -0.39 is 0 Å². The molecule has 0 unspecified atom stereocenters. The molecule has 1 saturated carbocycles. The Labute approximate surface area is 179 Å². The normalized spacial score (nSPS) is 13.7. The van der Waals surface area contributed by atoms with Gasteiger partial charge >= 0.3 is 5.97 Å². The zero-order valence-corrected chi connectivity index (χ0v) is 18.9. The Morgan fingerprint density at radius 2 is 1.96 bits per heavy atom. The maximum Gasteiger partial charge on any atom is 0.338 e. The molecule has 1 aliphatic carbocycles. The number of nitrogens with one attached hydrogen (secondary N) is 1. The Kier molecular flexibility index (Phi) is 11.3. The fourth-order valence-electron chi connectivity index (χ4n) is 2.44. The summed E-state index contributed by atoms with van der Waals surface area (Å²) in [6, 6.07) is 7.40. The molecule has 1 N–H and O–H groups in total. The summed E-state index contributed by atoms with van der Waals surface area (Å²) in [4.78, 5) is 18.5. The topological polar surface area (TPSA) is 63.2 Å². The average molecular weight is 489 g/mol. The smallest absolute Gasteiger partial charge is 0.338 e. The highest BCUT2D eigenvalue weighted by atomic mass is 127. The number of carbonyl (C=O) groups excluding carboxylic acids is 1. The number of halogens is 1. The lowest BCUT2D eigenvalue weighted by Gasteiger charge is -2.22. The van der Waals surface area contributed by atoms with Crippen molar-refractivity contribution in [2.75, 3.05) is 40.0 Å². The molecule has 152 valence electrons. The number of guanidine groups is 1. The summed E-state index contributed by atoms with van der Waals surface area (Å²) in [6.07, 6.45) is 2.63. The second-order valence-corrected chi connectivity index (χ2v) is 6.53. The Hall–Kier alpha value is -1.35. The number of aliphatic imine (C=N–C) groups is 1. The molecular formula is C20H32IN3O3. The van der Waals surface area contributed by atoms with Crippen molar-refractivity contribution >= 4 is 35.9 Å². The standard InChI is InChI=1S/C20H31N3O3.HI/c1-4-21-20(23(3)12-13-25-15-17-6-7-17)22-14-16-8-10-18(11-9-16)19(24)26-5-2;/h8-11,17H,4-7,12-15H2,1-3H3,(H,21,22);1H. The summed E-state index contributed by atoms with van der Waals surface area (Å²) in [5.41, 5.74) is 1.61. The first-order chi connectivity index (χ1) is 12.6. The van der Waals surface area contributed by atoms with E-state index in [0.29, 0.717) is 25.3 Å². The number of likely N-dealkylation sites (N-methyl/N-ethyl adjacent to an activating group) is 1. The van der Waals surface area contributed by atoms with E-state index in [0.717, 1.165) is 37.1 Å². The molecule has 0 radical (unpaired) electrons. The lowest BCUT2D eigenvalue weighted by molar-refractivity contribution is 0.0526. The van der Waals surface area contributed by atoms with Crippen LogP contribution in [-0.2, 0) is 16.0 Å². The first-order valence-electron chi connectivity index (χ1n) is 9.47. The average Bonchev–Trinajstić information content (AvgIpc) is 3.47. The van der Waals surface area contributed by atoms with Crippen molar-refractivity contribution in [3.8, 4) is 0 Å². The van der Waals surface area contributed by atoms with Crippen LogP contribution in [0, 0.1) is 5.92 Å². The number of nitrogens with zero attached hydrogens (tertiary/aromatic N) is 2. The summed E-state index contributed by atoms with van der Waals surface area (Å²) in [7, 11) is 2.02. The van der Waals surface area contributed by atoms with Gasteiger partial charge in [-0.1, -0.05) is 12.1 Å². The fourth-order valence-corrected chi connectivity index (χ4v) is 2.44. The molecule has 6 nitrogen and oxygen atoms in total. The van der Waals surface area contributed by atoms with E-state index in [1.165, 1.54) is 12.8 Å². The van der Waals surface area contributed by atoms with Gasteiger partial charge in [-0.25, -0.2) is 9.79 Å². The van der Waals surface area contributed by atoms with Gasteiger partial charge in [0, 0.05) is 26.7 Å². The maximum absolute atomic E-state index is 11.7. The van der Waals surface area contributed by atoms with Crippen LogP contribution in [0.2, 0.25) is 0 Å². The number of ether oxygens (including phenoxy) is 2. The van der Waals surface area contributed by atoms with Gasteiger partial charge in [0.25, 0.3) is 0 Å². The quantitative estimate of drug-likeness (QED) is 0.180. The van der Waals surface area contributed by atoms with E-state index in [1.807, 2.05) is 19.2 Å². The van der Waals surface area contributed by atoms with Crippen LogP contribution in [0.1, 0.15) is 42.6 Å². The van der Waals surface area contributed by atoms with Gasteiger partial charge < -0.3 is 19.7 Å². The predicted molar refractivity (Wildman–Crippen MR) is 119 cm³/mol. The first kappa shape index (κ1) is 23.7. The van der Waals surface area contributed by atoms with Crippen molar-refractivity contribution in [2.24, 2.45) is 10.9 Å². The largest absolute Gasteiger partial charge is 0.462 e. The fraction of sp³-hybridized carbons (Fsp3) is 0.600. The van der Waals surface area contributed by atoms with Gasteiger partial charge in [-0.15, -0.1) is 24.0 Å². The summed E-state index contributed by atoms with van der Waals surface area (Å²) < 4.78 is 10.7. The molecule has 1 aromatic carbocycles. The van der Waals surface area contributed by atoms with Gasteiger partial charge in [-0.05, 0) is 50.3 Å². The molecule has 2 rings (SSSR count). The molecule has 27 heavy (non-hydrogen) atoms. The van der Waals surface area contributed by atoms with Crippen molar-refractivity contribution in [1.82, 2.24) is 10.2 Å². The van der Waals surface area contributed by atoms with E-state index in [1.54, 1.807) is 19.1 Å². The number of hydrogen-bond acceptors (Lipinski definition) is 4. The minimum Gasteiger partial charge on any atom is -0.462 e. The van der Waals surface area contributed by atoms with Crippen LogP contribution in [0.5, 0.6) is 0 Å². The number of benzene rings is 1. The minimum absolute atomic E-state index is 0. The first-order valence-corrected chi connectivity index (χ1v) is 9.47. The Balaban J connectivity index is 0.00000364. The van der Waals surface area contributed by atoms with Gasteiger partial charge in [-0.3, -0.25) is 0 Å². The summed E-state index contributed by atoms with van der Waals surface area (Å²) in [5, 5.41) is 3.31. The molecule has 0 saturated heterocycles. The highest BCUT2D eigenvalue weighted by Gasteiger charge is 2.21.